The van der Waals surface area contributed by atoms with Crippen LogP contribution in [0.3, 0.4) is 0 Å². The Kier molecular flexibility index (Phi) is 4.34. The number of rotatable bonds is 4. The van der Waals surface area contributed by atoms with Gasteiger partial charge in [-0.05, 0) is 30.5 Å². The van der Waals surface area contributed by atoms with E-state index in [1.54, 1.807) is 0 Å². The minimum Gasteiger partial charge on any atom is -0.299 e. The van der Waals surface area contributed by atoms with Crippen LogP contribution in [-0.2, 0) is 11.2 Å². The topological polar surface area (TPSA) is 17.1 Å². The van der Waals surface area contributed by atoms with E-state index in [0.717, 1.165) is 17.0 Å². The molecule has 0 saturated heterocycles. The van der Waals surface area contributed by atoms with E-state index < -0.39 is 0 Å². The number of aryl methyl sites for hydroxylation is 1. The minimum absolute atomic E-state index is 0.107. The van der Waals surface area contributed by atoms with Gasteiger partial charge in [0.25, 0.3) is 0 Å². The summed E-state index contributed by atoms with van der Waals surface area (Å²) in [6.45, 7) is 5.87. The van der Waals surface area contributed by atoms with Crippen LogP contribution in [0.2, 0.25) is 5.02 Å². The molecule has 0 aliphatic rings. The molecule has 1 aromatic carbocycles. The first-order valence-corrected chi connectivity index (χ1v) is 5.70. The Balaban J connectivity index is 2.73. The van der Waals surface area contributed by atoms with Crippen molar-refractivity contribution in [2.45, 2.75) is 33.6 Å². The van der Waals surface area contributed by atoms with Gasteiger partial charge in [0.15, 0.2) is 0 Å². The van der Waals surface area contributed by atoms with Crippen LogP contribution in [0.1, 0.15) is 31.4 Å². The molecule has 0 aromatic heterocycles. The molecule has 0 fully saturated rings. The van der Waals surface area contributed by atoms with E-state index in [-0.39, 0.29) is 5.92 Å². The van der Waals surface area contributed by atoms with Crippen molar-refractivity contribution in [3.05, 3.63) is 34.3 Å². The van der Waals surface area contributed by atoms with Crippen molar-refractivity contribution in [1.29, 1.82) is 0 Å². The van der Waals surface area contributed by atoms with Crippen molar-refractivity contribution in [2.24, 2.45) is 5.92 Å². The summed E-state index contributed by atoms with van der Waals surface area (Å²) in [5.74, 6) is 0.429. The van der Waals surface area contributed by atoms with Gasteiger partial charge in [-0.2, -0.15) is 0 Å². The zero-order valence-electron chi connectivity index (χ0n) is 9.51. The summed E-state index contributed by atoms with van der Waals surface area (Å²) in [5.41, 5.74) is 2.26. The van der Waals surface area contributed by atoms with Crippen LogP contribution in [0.15, 0.2) is 18.2 Å². The van der Waals surface area contributed by atoms with Gasteiger partial charge >= 0.3 is 0 Å². The SMILES string of the molecule is CCC(=O)C(C)Cc1ccc(Cl)c(C)c1. The second-order valence-electron chi connectivity index (χ2n) is 4.01. The Morgan fingerprint density at radius 1 is 1.47 bits per heavy atom. The van der Waals surface area contributed by atoms with Crippen molar-refractivity contribution in [3.8, 4) is 0 Å². The van der Waals surface area contributed by atoms with Gasteiger partial charge in [-0.15, -0.1) is 0 Å². The molecule has 1 nitrogen and oxygen atoms in total. The molecule has 82 valence electrons. The lowest BCUT2D eigenvalue weighted by Crippen LogP contribution is -2.12. The van der Waals surface area contributed by atoms with Crippen LogP contribution >= 0.6 is 11.6 Å². The third-order valence-corrected chi connectivity index (χ3v) is 3.09. The molecule has 0 bridgehead atoms. The smallest absolute Gasteiger partial charge is 0.135 e. The van der Waals surface area contributed by atoms with Gasteiger partial charge in [-0.1, -0.05) is 37.6 Å². The normalized spacial score (nSPS) is 12.5. The van der Waals surface area contributed by atoms with Gasteiger partial charge in [0.05, 0.1) is 0 Å². The maximum Gasteiger partial charge on any atom is 0.135 e. The molecule has 1 aromatic rings. The van der Waals surface area contributed by atoms with Gasteiger partial charge in [-0.25, -0.2) is 0 Å². The van der Waals surface area contributed by atoms with E-state index in [1.807, 2.05) is 32.9 Å². The molecule has 0 heterocycles. The largest absolute Gasteiger partial charge is 0.299 e. The fourth-order valence-corrected chi connectivity index (χ4v) is 1.77. The Labute approximate surface area is 96.5 Å². The molecule has 2 heteroatoms. The molecule has 0 amide bonds. The number of hydrogen-bond donors (Lipinski definition) is 0. The zero-order valence-corrected chi connectivity index (χ0v) is 10.3. The predicted molar refractivity (Wildman–Crippen MR) is 64.4 cm³/mol. The molecular weight excluding hydrogens is 208 g/mol. The first-order chi connectivity index (χ1) is 7.04. The van der Waals surface area contributed by atoms with Crippen LogP contribution in [0.5, 0.6) is 0 Å². The summed E-state index contributed by atoms with van der Waals surface area (Å²) in [5, 5.41) is 0.785. The molecule has 1 atom stereocenters. The van der Waals surface area contributed by atoms with E-state index in [2.05, 4.69) is 6.07 Å². The quantitative estimate of drug-likeness (QED) is 0.760. The van der Waals surface area contributed by atoms with E-state index in [1.165, 1.54) is 5.56 Å². The second kappa shape index (κ2) is 5.32. The van der Waals surface area contributed by atoms with Gasteiger partial charge in [0.1, 0.15) is 5.78 Å². The number of benzene rings is 1. The van der Waals surface area contributed by atoms with Crippen molar-refractivity contribution < 1.29 is 4.79 Å². The van der Waals surface area contributed by atoms with Crippen molar-refractivity contribution >= 4 is 17.4 Å². The number of carbonyl (C=O) groups excluding carboxylic acids is 1. The first-order valence-electron chi connectivity index (χ1n) is 5.32. The van der Waals surface area contributed by atoms with Crippen molar-refractivity contribution in [2.75, 3.05) is 0 Å². The third-order valence-electron chi connectivity index (χ3n) is 2.66. The summed E-state index contributed by atoms with van der Waals surface area (Å²) < 4.78 is 0. The molecule has 0 spiro atoms. The van der Waals surface area contributed by atoms with Crippen LogP contribution < -0.4 is 0 Å². The van der Waals surface area contributed by atoms with Crippen LogP contribution in [0.25, 0.3) is 0 Å². The van der Waals surface area contributed by atoms with Crippen molar-refractivity contribution in [3.63, 3.8) is 0 Å². The van der Waals surface area contributed by atoms with Gasteiger partial charge < -0.3 is 0 Å². The average Bonchev–Trinajstić information content (AvgIpc) is 2.22. The van der Waals surface area contributed by atoms with E-state index in [0.29, 0.717) is 12.2 Å². The molecule has 1 unspecified atom stereocenters. The second-order valence-corrected chi connectivity index (χ2v) is 4.42. The molecule has 15 heavy (non-hydrogen) atoms. The van der Waals surface area contributed by atoms with Crippen LogP contribution in [-0.4, -0.2) is 5.78 Å². The lowest BCUT2D eigenvalue weighted by molar-refractivity contribution is -0.122. The highest BCUT2D eigenvalue weighted by molar-refractivity contribution is 6.31. The lowest BCUT2D eigenvalue weighted by Gasteiger charge is -2.10. The highest BCUT2D eigenvalue weighted by Gasteiger charge is 2.11. The molecular formula is C13H17ClO. The number of hydrogen-bond acceptors (Lipinski definition) is 1. The number of ketones is 1. The van der Waals surface area contributed by atoms with Crippen molar-refractivity contribution in [1.82, 2.24) is 0 Å². The highest BCUT2D eigenvalue weighted by Crippen LogP contribution is 2.19. The minimum atomic E-state index is 0.107. The summed E-state index contributed by atoms with van der Waals surface area (Å²) in [6, 6.07) is 5.95. The van der Waals surface area contributed by atoms with E-state index in [9.17, 15) is 4.79 Å². The van der Waals surface area contributed by atoms with Gasteiger partial charge in [0.2, 0.25) is 0 Å². The number of halogens is 1. The molecule has 0 saturated carbocycles. The summed E-state index contributed by atoms with van der Waals surface area (Å²) >= 11 is 5.94. The van der Waals surface area contributed by atoms with Gasteiger partial charge in [0, 0.05) is 17.4 Å². The monoisotopic (exact) mass is 224 g/mol. The fourth-order valence-electron chi connectivity index (χ4n) is 1.65. The zero-order chi connectivity index (χ0) is 11.4. The Morgan fingerprint density at radius 2 is 2.13 bits per heavy atom. The van der Waals surface area contributed by atoms with E-state index in [4.69, 9.17) is 11.6 Å². The van der Waals surface area contributed by atoms with E-state index >= 15 is 0 Å². The standard InChI is InChI=1S/C13H17ClO/c1-4-13(15)10(3)8-11-5-6-12(14)9(2)7-11/h5-7,10H,4,8H2,1-3H3. The molecule has 0 aliphatic heterocycles. The first kappa shape index (κ1) is 12.3. The Hall–Kier alpha value is -0.820. The van der Waals surface area contributed by atoms with Crippen LogP contribution in [0.4, 0.5) is 0 Å². The molecule has 1 rings (SSSR count). The lowest BCUT2D eigenvalue weighted by atomic mass is 9.95. The summed E-state index contributed by atoms with van der Waals surface area (Å²) in [7, 11) is 0. The maximum absolute atomic E-state index is 11.4. The third kappa shape index (κ3) is 3.35. The average molecular weight is 225 g/mol. The summed E-state index contributed by atoms with van der Waals surface area (Å²) in [4.78, 5) is 11.4. The van der Waals surface area contributed by atoms with Crippen LogP contribution in [0, 0.1) is 12.8 Å². The Bertz CT molecular complexity index is 358. The maximum atomic E-state index is 11.4. The fraction of sp³-hybridized carbons (Fsp3) is 0.462. The van der Waals surface area contributed by atoms with Gasteiger partial charge in [-0.3, -0.25) is 4.79 Å². The summed E-state index contributed by atoms with van der Waals surface area (Å²) in [6.07, 6.45) is 1.43. The molecule has 0 radical (unpaired) electrons. The highest BCUT2D eigenvalue weighted by atomic mass is 35.5. The molecule has 0 aliphatic carbocycles. The predicted octanol–water partition coefficient (Wildman–Crippen LogP) is 3.81. The number of carbonyl (C=O) groups is 1. The Morgan fingerprint density at radius 3 is 2.67 bits per heavy atom. The number of Topliss-reactive ketones (excluding diaryl/α,β-unsaturated/α-hetero) is 1. The molecule has 0 N–H and O–H groups in total.